The van der Waals surface area contributed by atoms with E-state index in [1.807, 2.05) is 65.3 Å². The molecule has 1 amide bonds. The predicted molar refractivity (Wildman–Crippen MR) is 187 cm³/mol. The van der Waals surface area contributed by atoms with Gasteiger partial charge < -0.3 is 34.4 Å². The van der Waals surface area contributed by atoms with Crippen molar-refractivity contribution < 1.29 is 32.5 Å². The summed E-state index contributed by atoms with van der Waals surface area (Å²) in [6.07, 6.45) is -0.753. The number of hydrogen-bond acceptors (Lipinski definition) is 11. The lowest BCUT2D eigenvalue weighted by atomic mass is 10.0. The molecular weight excluding hydrogens is 655 g/mol. The molecular formula is C34H49N5O7S2. The van der Waals surface area contributed by atoms with Crippen molar-refractivity contribution in [3.63, 3.8) is 0 Å². The lowest BCUT2D eigenvalue weighted by Crippen LogP contribution is -2.53. The first kappa shape index (κ1) is 36.4. The van der Waals surface area contributed by atoms with Gasteiger partial charge in [-0.3, -0.25) is 0 Å². The third-order valence-electron chi connectivity index (χ3n) is 8.73. The van der Waals surface area contributed by atoms with Crippen molar-refractivity contribution in [3.05, 3.63) is 54.1 Å². The molecule has 5 rings (SSSR count). The van der Waals surface area contributed by atoms with Crippen molar-refractivity contribution in [1.82, 2.24) is 19.5 Å². The summed E-state index contributed by atoms with van der Waals surface area (Å²) >= 11 is 1.46. The van der Waals surface area contributed by atoms with E-state index >= 15 is 0 Å². The first-order valence-electron chi connectivity index (χ1n) is 16.6. The van der Waals surface area contributed by atoms with E-state index in [-0.39, 0.29) is 49.1 Å². The second-order valence-corrected chi connectivity index (χ2v) is 16.2. The van der Waals surface area contributed by atoms with Crippen LogP contribution in [0.25, 0.3) is 10.2 Å². The monoisotopic (exact) mass is 703 g/mol. The van der Waals surface area contributed by atoms with Crippen LogP contribution in [0.4, 0.5) is 9.93 Å². The van der Waals surface area contributed by atoms with Crippen molar-refractivity contribution >= 4 is 42.8 Å². The van der Waals surface area contributed by atoms with Gasteiger partial charge in [0.15, 0.2) is 11.4 Å². The number of aromatic nitrogens is 1. The number of thiazole rings is 1. The molecule has 5 unspecified atom stereocenters. The van der Waals surface area contributed by atoms with E-state index < -0.39 is 34.4 Å². The van der Waals surface area contributed by atoms with Crippen LogP contribution in [0.1, 0.15) is 32.3 Å². The van der Waals surface area contributed by atoms with Crippen LogP contribution < -0.4 is 10.2 Å². The van der Waals surface area contributed by atoms with Crippen LogP contribution in [0.15, 0.2) is 53.4 Å². The predicted octanol–water partition coefficient (Wildman–Crippen LogP) is 3.79. The Kier molecular flexibility index (Phi) is 12.3. The van der Waals surface area contributed by atoms with Gasteiger partial charge in [-0.2, -0.15) is 4.31 Å². The Labute approximate surface area is 288 Å². The number of carbonyl (C=O) groups is 1. The van der Waals surface area contributed by atoms with Crippen LogP contribution in [-0.2, 0) is 30.7 Å². The number of aliphatic hydroxyl groups excluding tert-OH is 1. The molecule has 264 valence electrons. The summed E-state index contributed by atoms with van der Waals surface area (Å²) in [4.78, 5) is 21.9. The van der Waals surface area contributed by atoms with Gasteiger partial charge in [0.25, 0.3) is 0 Å². The fourth-order valence-corrected chi connectivity index (χ4v) is 9.09. The normalized spacial score (nSPS) is 20.8. The zero-order valence-corrected chi connectivity index (χ0v) is 30.1. The van der Waals surface area contributed by atoms with Crippen LogP contribution in [0.5, 0.6) is 0 Å². The first-order chi connectivity index (χ1) is 22.9. The van der Waals surface area contributed by atoms with E-state index in [1.54, 1.807) is 18.2 Å². The summed E-state index contributed by atoms with van der Waals surface area (Å²) in [5.41, 5.74) is 1.60. The van der Waals surface area contributed by atoms with E-state index in [2.05, 4.69) is 15.1 Å². The van der Waals surface area contributed by atoms with Crippen LogP contribution in [-0.4, -0.2) is 119 Å². The highest BCUT2D eigenvalue weighted by Gasteiger charge is 2.44. The molecule has 48 heavy (non-hydrogen) atoms. The number of hydrogen-bond donors (Lipinski definition) is 2. The van der Waals surface area contributed by atoms with Crippen molar-refractivity contribution in [2.75, 3.05) is 65.4 Å². The van der Waals surface area contributed by atoms with Crippen LogP contribution in [0.3, 0.4) is 0 Å². The van der Waals surface area contributed by atoms with E-state index in [0.29, 0.717) is 6.61 Å². The largest absolute Gasteiger partial charge is 0.443 e. The summed E-state index contributed by atoms with van der Waals surface area (Å²) in [6.45, 7) is 6.46. The van der Waals surface area contributed by atoms with Crippen LogP contribution in [0.2, 0.25) is 0 Å². The molecule has 2 aliphatic heterocycles. The molecule has 2 saturated heterocycles. The zero-order valence-electron chi connectivity index (χ0n) is 28.4. The molecule has 12 nitrogen and oxygen atoms in total. The SMILES string of the molecule is CC(C)CN(C(Cc1ccccc1)C(O)CNC(=O)OC1COC2OCCC12)S(=O)(=O)c1ccc2nc(N(C)CCCN(C)C)sc2c1. The molecule has 2 aromatic carbocycles. The average molecular weight is 704 g/mol. The number of benzene rings is 2. The summed E-state index contributed by atoms with van der Waals surface area (Å²) in [6, 6.07) is 13.6. The fraction of sp³-hybridized carbons (Fsp3) is 0.588. The Morgan fingerprint density at radius 2 is 1.90 bits per heavy atom. The smallest absolute Gasteiger partial charge is 0.407 e. The van der Waals surface area contributed by atoms with Crippen molar-refractivity contribution in [2.45, 2.75) is 62.5 Å². The van der Waals surface area contributed by atoms with Crippen molar-refractivity contribution in [2.24, 2.45) is 11.8 Å². The highest BCUT2D eigenvalue weighted by molar-refractivity contribution is 7.89. The van der Waals surface area contributed by atoms with E-state index in [0.717, 1.165) is 46.8 Å². The molecule has 1 aromatic heterocycles. The van der Waals surface area contributed by atoms with E-state index in [9.17, 15) is 18.3 Å². The number of carbonyl (C=O) groups excluding carboxylic acids is 1. The number of nitrogens with one attached hydrogen (secondary N) is 1. The minimum absolute atomic E-state index is 0.0198. The van der Waals surface area contributed by atoms with E-state index in [1.165, 1.54) is 15.6 Å². The van der Waals surface area contributed by atoms with Gasteiger partial charge in [0, 0.05) is 26.7 Å². The Hall–Kier alpha value is -2.85. The summed E-state index contributed by atoms with van der Waals surface area (Å²) < 4.78 is 47.9. The maximum atomic E-state index is 14.5. The number of ether oxygens (including phenoxy) is 3. The second-order valence-electron chi connectivity index (χ2n) is 13.3. The third-order valence-corrected chi connectivity index (χ3v) is 11.7. The van der Waals surface area contributed by atoms with Gasteiger partial charge >= 0.3 is 6.09 Å². The van der Waals surface area contributed by atoms with Crippen LogP contribution >= 0.6 is 11.3 Å². The minimum atomic E-state index is -4.09. The maximum Gasteiger partial charge on any atom is 0.407 e. The van der Waals surface area contributed by atoms with Gasteiger partial charge in [-0.15, -0.1) is 0 Å². The molecule has 2 aliphatic rings. The molecule has 2 fully saturated rings. The van der Waals surface area contributed by atoms with Crippen molar-refractivity contribution in [3.8, 4) is 0 Å². The number of sulfonamides is 1. The van der Waals surface area contributed by atoms with Gasteiger partial charge in [0.05, 0.1) is 46.4 Å². The highest BCUT2D eigenvalue weighted by atomic mass is 32.2. The lowest BCUT2D eigenvalue weighted by Gasteiger charge is -2.35. The average Bonchev–Trinajstić information content (AvgIpc) is 3.79. The Morgan fingerprint density at radius 3 is 2.62 bits per heavy atom. The number of nitrogens with zero attached hydrogens (tertiary/aromatic N) is 4. The second kappa shape index (κ2) is 16.2. The van der Waals surface area contributed by atoms with Gasteiger partial charge in [-0.05, 0) is 69.6 Å². The molecule has 3 aromatic rings. The number of aliphatic hydroxyl groups is 1. The topological polar surface area (TPSA) is 134 Å². The van der Waals surface area contributed by atoms with Crippen molar-refractivity contribution in [1.29, 1.82) is 0 Å². The van der Waals surface area contributed by atoms with Gasteiger partial charge in [0.1, 0.15) is 6.10 Å². The maximum absolute atomic E-state index is 14.5. The molecule has 0 bridgehead atoms. The molecule has 0 spiro atoms. The quantitative estimate of drug-likeness (QED) is 0.227. The molecule has 5 atom stereocenters. The summed E-state index contributed by atoms with van der Waals surface area (Å²) in [7, 11) is 1.99. The van der Waals surface area contributed by atoms with Gasteiger partial charge in [0.2, 0.25) is 10.0 Å². The lowest BCUT2D eigenvalue weighted by molar-refractivity contribution is -0.0907. The third kappa shape index (κ3) is 9.03. The van der Waals surface area contributed by atoms with Gasteiger partial charge in [-0.25, -0.2) is 18.2 Å². The van der Waals surface area contributed by atoms with Gasteiger partial charge in [-0.1, -0.05) is 55.5 Å². The Balaban J connectivity index is 1.36. The Morgan fingerprint density at radius 1 is 1.12 bits per heavy atom. The molecule has 3 heterocycles. The number of alkyl carbamates (subject to hydrolysis) is 1. The highest BCUT2D eigenvalue weighted by Crippen LogP contribution is 2.34. The molecule has 0 aliphatic carbocycles. The fourth-order valence-electron chi connectivity index (χ4n) is 6.18. The molecule has 0 saturated carbocycles. The molecule has 14 heteroatoms. The zero-order chi connectivity index (χ0) is 34.4. The summed E-state index contributed by atoms with van der Waals surface area (Å²) in [5, 5.41) is 15.1. The van der Waals surface area contributed by atoms with Crippen LogP contribution in [0, 0.1) is 11.8 Å². The first-order valence-corrected chi connectivity index (χ1v) is 18.9. The summed E-state index contributed by atoms with van der Waals surface area (Å²) in [5.74, 6) is -0.0599. The van der Waals surface area contributed by atoms with E-state index in [4.69, 9.17) is 19.2 Å². The Bertz CT molecular complexity index is 1600. The number of amides is 1. The number of fused-ring (bicyclic) bond motifs is 2. The number of anilines is 1. The minimum Gasteiger partial charge on any atom is -0.443 e. The standard InChI is InChI=1S/C34H49N5O7S2/c1-23(2)21-39(48(42,43)25-12-13-27-31(19-25)47-33(36-27)38(5)16-9-15-37(3)4)28(18-24-10-7-6-8-11-24)29(40)20-35-34(41)46-30-22-45-32-26(30)14-17-44-32/h6-8,10-13,19,23,26,28-30,32,40H,9,14-18,20-22H2,1-5H3,(H,35,41). The number of rotatable bonds is 16. The molecule has 0 radical (unpaired) electrons. The molecule has 2 N–H and O–H groups in total.